The van der Waals surface area contributed by atoms with E-state index >= 15 is 0 Å². The van der Waals surface area contributed by atoms with Gasteiger partial charge >= 0.3 is 5.97 Å². The van der Waals surface area contributed by atoms with Crippen molar-refractivity contribution in [2.24, 2.45) is 5.92 Å². The molecule has 0 aromatic carbocycles. The van der Waals surface area contributed by atoms with E-state index in [4.69, 9.17) is 0 Å². The summed E-state index contributed by atoms with van der Waals surface area (Å²) in [5, 5.41) is 0.304. The number of carbonyl (C=O) groups is 2. The Bertz CT molecular complexity index is 204. The minimum atomic E-state index is -0.665. The van der Waals surface area contributed by atoms with Gasteiger partial charge in [0, 0.05) is 6.42 Å². The lowest BCUT2D eigenvalue weighted by Crippen LogP contribution is -2.18. The van der Waals surface area contributed by atoms with Crippen molar-refractivity contribution in [2.45, 2.75) is 26.7 Å². The van der Waals surface area contributed by atoms with Gasteiger partial charge in [0.2, 0.25) is 0 Å². The SMILES string of the molecule is CCCC(=O)[SH](C)CC(C)C(=O)OC. The number of methoxy groups -OCH3 is 1. The summed E-state index contributed by atoms with van der Waals surface area (Å²) in [6.45, 7) is 3.80. The summed E-state index contributed by atoms with van der Waals surface area (Å²) < 4.78 is 4.61. The van der Waals surface area contributed by atoms with Crippen molar-refractivity contribution in [2.75, 3.05) is 19.1 Å². The third-order valence-electron chi connectivity index (χ3n) is 2.04. The van der Waals surface area contributed by atoms with Crippen LogP contribution in [0.4, 0.5) is 0 Å². The van der Waals surface area contributed by atoms with Gasteiger partial charge < -0.3 is 4.74 Å². The van der Waals surface area contributed by atoms with Crippen LogP contribution in [0, 0.1) is 5.92 Å². The second-order valence-electron chi connectivity index (χ2n) is 3.45. The Morgan fingerprint density at radius 3 is 2.43 bits per heavy atom. The minimum absolute atomic E-state index is 0.156. The van der Waals surface area contributed by atoms with E-state index in [0.29, 0.717) is 17.3 Å². The molecule has 0 aliphatic rings. The highest BCUT2D eigenvalue weighted by Gasteiger charge is 2.18. The number of rotatable bonds is 5. The first kappa shape index (κ1) is 13.5. The fourth-order valence-electron chi connectivity index (χ4n) is 1.19. The van der Waals surface area contributed by atoms with E-state index in [0.717, 1.165) is 6.42 Å². The van der Waals surface area contributed by atoms with E-state index in [2.05, 4.69) is 4.74 Å². The first-order valence-corrected chi connectivity index (χ1v) is 6.82. The summed E-state index contributed by atoms with van der Waals surface area (Å²) in [7, 11) is 0.715. The van der Waals surface area contributed by atoms with Crippen molar-refractivity contribution >= 4 is 22.0 Å². The average Bonchev–Trinajstić information content (AvgIpc) is 2.16. The van der Waals surface area contributed by atoms with Gasteiger partial charge in [0.25, 0.3) is 0 Å². The van der Waals surface area contributed by atoms with E-state index in [1.54, 1.807) is 0 Å². The lowest BCUT2D eigenvalue weighted by molar-refractivity contribution is -0.144. The average molecular weight is 220 g/mol. The molecule has 0 aliphatic carbocycles. The van der Waals surface area contributed by atoms with Crippen molar-refractivity contribution in [3.8, 4) is 0 Å². The van der Waals surface area contributed by atoms with E-state index < -0.39 is 10.9 Å². The molecule has 0 rings (SSSR count). The van der Waals surface area contributed by atoms with Crippen molar-refractivity contribution < 1.29 is 14.3 Å². The van der Waals surface area contributed by atoms with Gasteiger partial charge in [-0.05, 0) is 18.4 Å². The molecule has 0 spiro atoms. The Kier molecular flexibility index (Phi) is 6.62. The number of thiol groups is 1. The van der Waals surface area contributed by atoms with Gasteiger partial charge in [-0.25, -0.2) is 0 Å². The molecular formula is C10H20O3S. The molecule has 0 bridgehead atoms. The summed E-state index contributed by atoms with van der Waals surface area (Å²) >= 11 is 0. The van der Waals surface area contributed by atoms with Crippen molar-refractivity contribution in [1.29, 1.82) is 0 Å². The maximum atomic E-state index is 11.5. The highest BCUT2D eigenvalue weighted by Crippen LogP contribution is 2.27. The van der Waals surface area contributed by atoms with Crippen molar-refractivity contribution in [3.63, 3.8) is 0 Å². The molecule has 0 aliphatic heterocycles. The van der Waals surface area contributed by atoms with Crippen LogP contribution >= 0.6 is 10.9 Å². The highest BCUT2D eigenvalue weighted by atomic mass is 32.2. The van der Waals surface area contributed by atoms with Crippen molar-refractivity contribution in [1.82, 2.24) is 0 Å². The predicted molar refractivity (Wildman–Crippen MR) is 60.9 cm³/mol. The zero-order chi connectivity index (χ0) is 11.1. The molecule has 0 saturated heterocycles. The molecule has 0 fully saturated rings. The summed E-state index contributed by atoms with van der Waals surface area (Å²) in [5.41, 5.74) is 0. The number of hydrogen-bond donors (Lipinski definition) is 1. The zero-order valence-corrected chi connectivity index (χ0v) is 10.3. The minimum Gasteiger partial charge on any atom is -0.469 e. The van der Waals surface area contributed by atoms with Crippen LogP contribution in [0.15, 0.2) is 0 Å². The van der Waals surface area contributed by atoms with Gasteiger partial charge in [0.05, 0.1) is 13.0 Å². The van der Waals surface area contributed by atoms with Gasteiger partial charge in [-0.3, -0.25) is 9.59 Å². The molecule has 84 valence electrons. The monoisotopic (exact) mass is 220 g/mol. The Morgan fingerprint density at radius 1 is 1.43 bits per heavy atom. The molecule has 0 radical (unpaired) electrons. The van der Waals surface area contributed by atoms with E-state index in [-0.39, 0.29) is 11.9 Å². The summed E-state index contributed by atoms with van der Waals surface area (Å²) in [5.74, 6) is 0.279. The molecular weight excluding hydrogens is 200 g/mol. The third kappa shape index (κ3) is 4.65. The van der Waals surface area contributed by atoms with Crippen molar-refractivity contribution in [3.05, 3.63) is 0 Å². The molecule has 2 atom stereocenters. The number of esters is 1. The molecule has 4 heteroatoms. The van der Waals surface area contributed by atoms with Gasteiger partial charge in [-0.1, -0.05) is 13.8 Å². The standard InChI is InChI=1S/C10H20O3S/c1-5-6-9(11)14(4)7-8(2)10(12)13-3/h8,14H,5-7H2,1-4H3. The quantitative estimate of drug-likeness (QED) is 0.567. The normalized spacial score (nSPS) is 15.9. The molecule has 0 aromatic heterocycles. The highest BCUT2D eigenvalue weighted by molar-refractivity contribution is 8.29. The Morgan fingerprint density at radius 2 is 2.00 bits per heavy atom. The van der Waals surface area contributed by atoms with Crippen LogP contribution in [0.5, 0.6) is 0 Å². The molecule has 0 saturated carbocycles. The second-order valence-corrected chi connectivity index (χ2v) is 5.71. The fraction of sp³-hybridized carbons (Fsp3) is 0.800. The van der Waals surface area contributed by atoms with Gasteiger partial charge in [0.1, 0.15) is 0 Å². The van der Waals surface area contributed by atoms with Crippen LogP contribution in [0.2, 0.25) is 0 Å². The predicted octanol–water partition coefficient (Wildman–Crippen LogP) is 1.75. The summed E-state index contributed by atoms with van der Waals surface area (Å²) in [4.78, 5) is 22.6. The van der Waals surface area contributed by atoms with Gasteiger partial charge in [0.15, 0.2) is 5.12 Å². The molecule has 14 heavy (non-hydrogen) atoms. The van der Waals surface area contributed by atoms with Crippen LogP contribution < -0.4 is 0 Å². The maximum absolute atomic E-state index is 11.5. The van der Waals surface area contributed by atoms with Crippen LogP contribution in [0.25, 0.3) is 0 Å². The van der Waals surface area contributed by atoms with E-state index in [9.17, 15) is 9.59 Å². The molecule has 3 nitrogen and oxygen atoms in total. The molecule has 2 unspecified atom stereocenters. The third-order valence-corrected chi connectivity index (χ3v) is 4.21. The van der Waals surface area contributed by atoms with Gasteiger partial charge in [-0.2, -0.15) is 10.9 Å². The molecule has 0 amide bonds. The first-order chi connectivity index (χ1) is 6.52. The Labute approximate surface area is 88.6 Å². The van der Waals surface area contributed by atoms with E-state index in [1.807, 2.05) is 20.1 Å². The summed E-state index contributed by atoms with van der Waals surface area (Å²) in [6, 6.07) is 0. The van der Waals surface area contributed by atoms with Crippen LogP contribution in [-0.4, -0.2) is 30.2 Å². The Hall–Kier alpha value is -0.510. The lowest BCUT2D eigenvalue weighted by Gasteiger charge is -2.17. The molecule has 0 N–H and O–H groups in total. The first-order valence-electron chi connectivity index (χ1n) is 4.84. The topological polar surface area (TPSA) is 43.4 Å². The largest absolute Gasteiger partial charge is 0.469 e. The second kappa shape index (κ2) is 6.87. The molecule has 0 aromatic rings. The Balaban J connectivity index is 3.98. The zero-order valence-electron chi connectivity index (χ0n) is 9.37. The van der Waals surface area contributed by atoms with Crippen LogP contribution in [0.3, 0.4) is 0 Å². The van der Waals surface area contributed by atoms with Gasteiger partial charge in [-0.15, -0.1) is 0 Å². The summed E-state index contributed by atoms with van der Waals surface area (Å²) in [6.07, 6.45) is 3.46. The van der Waals surface area contributed by atoms with Crippen LogP contribution in [-0.2, 0) is 14.3 Å². The molecule has 0 heterocycles. The smallest absolute Gasteiger partial charge is 0.309 e. The lowest BCUT2D eigenvalue weighted by atomic mass is 10.2. The number of carbonyl (C=O) groups excluding carboxylic acids is 2. The fourth-order valence-corrected chi connectivity index (χ4v) is 2.97. The number of hydrogen-bond acceptors (Lipinski definition) is 3. The number of ether oxygens (including phenoxy) is 1. The van der Waals surface area contributed by atoms with E-state index in [1.165, 1.54) is 7.11 Å². The maximum Gasteiger partial charge on any atom is 0.309 e. The van der Waals surface area contributed by atoms with Crippen LogP contribution in [0.1, 0.15) is 26.7 Å².